The summed E-state index contributed by atoms with van der Waals surface area (Å²) in [5, 5.41) is 4.47. The Labute approximate surface area is 200 Å². The van der Waals surface area contributed by atoms with Gasteiger partial charge in [0, 0.05) is 11.1 Å². The van der Waals surface area contributed by atoms with Crippen molar-refractivity contribution in [2.24, 2.45) is 0 Å². The van der Waals surface area contributed by atoms with E-state index >= 15 is 0 Å². The van der Waals surface area contributed by atoms with Gasteiger partial charge in [0.2, 0.25) is 5.82 Å². The molecule has 2 aromatic heterocycles. The Balaban J connectivity index is 1.44. The average molecular weight is 469 g/mol. The Morgan fingerprint density at radius 3 is 2.40 bits per heavy atom. The molecule has 35 heavy (non-hydrogen) atoms. The number of nitrogens with zero attached hydrogens (tertiary/aromatic N) is 3. The van der Waals surface area contributed by atoms with Crippen LogP contribution in [0.5, 0.6) is 5.75 Å². The Morgan fingerprint density at radius 2 is 1.69 bits per heavy atom. The molecule has 0 bridgehead atoms. The molecule has 0 aliphatic carbocycles. The number of aromatic amines is 1. The number of benzene rings is 3. The monoisotopic (exact) mass is 468 g/mol. The molecule has 0 spiro atoms. The third kappa shape index (κ3) is 4.63. The van der Waals surface area contributed by atoms with Crippen molar-refractivity contribution < 1.29 is 9.26 Å². The smallest absolute Gasteiger partial charge is 0.329 e. The van der Waals surface area contributed by atoms with Crippen LogP contribution in [0.1, 0.15) is 25.0 Å². The molecule has 8 nitrogen and oxygen atoms in total. The molecule has 0 atom stereocenters. The molecule has 5 rings (SSSR count). The summed E-state index contributed by atoms with van der Waals surface area (Å²) < 4.78 is 12.3. The molecule has 0 fully saturated rings. The first-order valence-electron chi connectivity index (χ1n) is 11.3. The predicted octanol–water partition coefficient (Wildman–Crippen LogP) is 4.55. The van der Waals surface area contributed by atoms with Gasteiger partial charge in [-0.3, -0.25) is 9.36 Å². The van der Waals surface area contributed by atoms with E-state index in [0.29, 0.717) is 22.3 Å². The number of H-pyrrole nitrogens is 1. The van der Waals surface area contributed by atoms with Crippen molar-refractivity contribution in [3.05, 3.63) is 98.7 Å². The minimum atomic E-state index is -0.477. The SMILES string of the molecule is Cc1ccc(Cn2c(=O)[nH]c3cc(-c4nc(-c5ccc(OC(C)C)cc5)no4)ccc3c2=O)cc1. The molecule has 0 unspecified atom stereocenters. The normalized spacial score (nSPS) is 11.3. The summed E-state index contributed by atoms with van der Waals surface area (Å²) in [6, 6.07) is 20.2. The van der Waals surface area contributed by atoms with Crippen molar-refractivity contribution in [3.8, 4) is 28.6 Å². The van der Waals surface area contributed by atoms with E-state index in [0.717, 1.165) is 22.4 Å². The third-order valence-corrected chi connectivity index (χ3v) is 5.60. The summed E-state index contributed by atoms with van der Waals surface area (Å²) in [6.07, 6.45) is 0.0868. The molecule has 0 radical (unpaired) electrons. The van der Waals surface area contributed by atoms with Gasteiger partial charge in [0.25, 0.3) is 11.4 Å². The number of aromatic nitrogens is 4. The van der Waals surface area contributed by atoms with Crippen molar-refractivity contribution in [2.45, 2.75) is 33.4 Å². The highest BCUT2D eigenvalue weighted by molar-refractivity contribution is 5.82. The lowest BCUT2D eigenvalue weighted by Gasteiger charge is -2.09. The van der Waals surface area contributed by atoms with Crippen molar-refractivity contribution >= 4 is 10.9 Å². The van der Waals surface area contributed by atoms with E-state index < -0.39 is 5.69 Å². The lowest BCUT2D eigenvalue weighted by Crippen LogP contribution is -2.35. The van der Waals surface area contributed by atoms with Gasteiger partial charge in [-0.1, -0.05) is 35.0 Å². The Morgan fingerprint density at radius 1 is 0.971 bits per heavy atom. The van der Waals surface area contributed by atoms with Crippen molar-refractivity contribution in [3.63, 3.8) is 0 Å². The highest BCUT2D eigenvalue weighted by Crippen LogP contribution is 2.25. The number of fused-ring (bicyclic) bond motifs is 1. The maximum Gasteiger partial charge on any atom is 0.329 e. The standard InChI is InChI=1S/C27H24N4O4/c1-16(2)34-21-11-8-19(9-12-21)24-29-25(35-30-24)20-10-13-22-23(14-20)28-27(33)31(26(22)32)15-18-6-4-17(3)5-7-18/h4-14,16H,15H2,1-3H3,(H,28,33). The number of ether oxygens (including phenoxy) is 1. The van der Waals surface area contributed by atoms with Crippen LogP contribution < -0.4 is 16.0 Å². The van der Waals surface area contributed by atoms with Gasteiger partial charge in [-0.2, -0.15) is 4.98 Å². The van der Waals surface area contributed by atoms with E-state index in [1.165, 1.54) is 4.57 Å². The van der Waals surface area contributed by atoms with E-state index in [1.54, 1.807) is 18.2 Å². The highest BCUT2D eigenvalue weighted by atomic mass is 16.5. The van der Waals surface area contributed by atoms with Gasteiger partial charge in [-0.25, -0.2) is 4.79 Å². The van der Waals surface area contributed by atoms with Crippen LogP contribution in [0, 0.1) is 6.92 Å². The summed E-state index contributed by atoms with van der Waals surface area (Å²) in [5.74, 6) is 1.48. The minimum Gasteiger partial charge on any atom is -0.491 e. The molecule has 1 N–H and O–H groups in total. The first-order chi connectivity index (χ1) is 16.9. The highest BCUT2D eigenvalue weighted by Gasteiger charge is 2.14. The Kier molecular flexibility index (Phi) is 5.78. The van der Waals surface area contributed by atoms with Crippen LogP contribution in [0.15, 0.2) is 80.8 Å². The topological polar surface area (TPSA) is 103 Å². The van der Waals surface area contributed by atoms with Crippen molar-refractivity contribution in [2.75, 3.05) is 0 Å². The van der Waals surface area contributed by atoms with Gasteiger partial charge < -0.3 is 14.2 Å². The lowest BCUT2D eigenvalue weighted by atomic mass is 10.1. The molecule has 5 aromatic rings. The van der Waals surface area contributed by atoms with E-state index in [1.807, 2.05) is 69.3 Å². The quantitative estimate of drug-likeness (QED) is 0.392. The van der Waals surface area contributed by atoms with Crippen LogP contribution in [-0.2, 0) is 6.54 Å². The molecule has 0 aliphatic rings. The summed E-state index contributed by atoms with van der Waals surface area (Å²) in [6.45, 7) is 6.12. The van der Waals surface area contributed by atoms with Gasteiger partial charge in [0.1, 0.15) is 5.75 Å². The number of aryl methyl sites for hydroxylation is 1. The van der Waals surface area contributed by atoms with Gasteiger partial charge in [0.05, 0.1) is 23.6 Å². The summed E-state index contributed by atoms with van der Waals surface area (Å²) in [4.78, 5) is 33.0. The largest absolute Gasteiger partial charge is 0.491 e. The molecule has 0 aliphatic heterocycles. The second-order valence-electron chi connectivity index (χ2n) is 8.68. The van der Waals surface area contributed by atoms with Crippen LogP contribution >= 0.6 is 0 Å². The van der Waals surface area contributed by atoms with Crippen LogP contribution in [-0.4, -0.2) is 25.8 Å². The Hall–Kier alpha value is -4.46. The van der Waals surface area contributed by atoms with E-state index in [2.05, 4.69) is 15.1 Å². The third-order valence-electron chi connectivity index (χ3n) is 5.60. The van der Waals surface area contributed by atoms with Crippen molar-refractivity contribution in [1.29, 1.82) is 0 Å². The zero-order valence-corrected chi connectivity index (χ0v) is 19.6. The van der Waals surface area contributed by atoms with Gasteiger partial charge in [0.15, 0.2) is 0 Å². The maximum absolute atomic E-state index is 13.0. The van der Waals surface area contributed by atoms with E-state index in [4.69, 9.17) is 9.26 Å². The number of rotatable bonds is 6. The van der Waals surface area contributed by atoms with Gasteiger partial charge in [-0.05, 0) is 68.8 Å². The number of nitrogens with one attached hydrogen (secondary N) is 1. The maximum atomic E-state index is 13.0. The number of hydrogen-bond acceptors (Lipinski definition) is 6. The van der Waals surface area contributed by atoms with Crippen LogP contribution in [0.4, 0.5) is 0 Å². The minimum absolute atomic E-state index is 0.0868. The summed E-state index contributed by atoms with van der Waals surface area (Å²) in [7, 11) is 0. The van der Waals surface area contributed by atoms with E-state index in [-0.39, 0.29) is 24.1 Å². The van der Waals surface area contributed by atoms with Gasteiger partial charge >= 0.3 is 5.69 Å². The second-order valence-corrected chi connectivity index (χ2v) is 8.68. The fraction of sp³-hybridized carbons (Fsp3) is 0.185. The molecule has 176 valence electrons. The van der Waals surface area contributed by atoms with Crippen LogP contribution in [0.3, 0.4) is 0 Å². The fourth-order valence-corrected chi connectivity index (χ4v) is 3.82. The van der Waals surface area contributed by atoms with Crippen LogP contribution in [0.2, 0.25) is 0 Å². The molecule has 2 heterocycles. The molecular weight excluding hydrogens is 444 g/mol. The van der Waals surface area contributed by atoms with Crippen LogP contribution in [0.25, 0.3) is 33.7 Å². The molecular formula is C27H24N4O4. The molecule has 0 saturated heterocycles. The van der Waals surface area contributed by atoms with Crippen molar-refractivity contribution in [1.82, 2.24) is 19.7 Å². The molecule has 8 heteroatoms. The predicted molar refractivity (Wildman–Crippen MR) is 134 cm³/mol. The molecule has 0 amide bonds. The summed E-state index contributed by atoms with van der Waals surface area (Å²) in [5.41, 5.74) is 2.95. The zero-order valence-electron chi connectivity index (χ0n) is 19.6. The van der Waals surface area contributed by atoms with Gasteiger partial charge in [-0.15, -0.1) is 0 Å². The lowest BCUT2D eigenvalue weighted by molar-refractivity contribution is 0.242. The number of hydrogen-bond donors (Lipinski definition) is 1. The Bertz CT molecular complexity index is 1610. The zero-order chi connectivity index (χ0) is 24.5. The summed E-state index contributed by atoms with van der Waals surface area (Å²) >= 11 is 0. The average Bonchev–Trinajstić information content (AvgIpc) is 3.33. The first kappa shape index (κ1) is 22.3. The fourth-order valence-electron chi connectivity index (χ4n) is 3.82. The molecule has 3 aromatic carbocycles. The second kappa shape index (κ2) is 9.06. The van der Waals surface area contributed by atoms with E-state index in [9.17, 15) is 9.59 Å². The molecule has 0 saturated carbocycles. The first-order valence-corrected chi connectivity index (χ1v) is 11.3.